The number of amides is 1. The third-order valence-corrected chi connectivity index (χ3v) is 4.08. The van der Waals surface area contributed by atoms with Gasteiger partial charge in [0.25, 0.3) is 0 Å². The first-order valence-electron chi connectivity index (χ1n) is 5.56. The van der Waals surface area contributed by atoms with Crippen LogP contribution in [0.2, 0.25) is 0 Å². The average Bonchev–Trinajstić information content (AvgIpc) is 2.50. The Morgan fingerprint density at radius 1 is 1.32 bits per heavy atom. The number of hydrogen-bond donors (Lipinski definition) is 0. The predicted octanol–water partition coefficient (Wildman–Crippen LogP) is 3.85. The Bertz CT molecular complexity index is 498. The van der Waals surface area contributed by atoms with Gasteiger partial charge in [-0.15, -0.1) is 0 Å². The molecule has 1 aromatic carbocycles. The molecule has 19 heavy (non-hydrogen) atoms. The predicted molar refractivity (Wildman–Crippen MR) is 73.2 cm³/mol. The average molecular weight is 305 g/mol. The van der Waals surface area contributed by atoms with Crippen LogP contribution in [0.1, 0.15) is 18.4 Å². The van der Waals surface area contributed by atoms with Crippen molar-refractivity contribution in [1.29, 1.82) is 0 Å². The smallest absolute Gasteiger partial charge is 0.274 e. The normalized spacial score (nSPS) is 17.5. The first-order chi connectivity index (χ1) is 8.89. The second-order valence-corrected chi connectivity index (χ2v) is 5.72. The fourth-order valence-corrected chi connectivity index (χ4v) is 2.99. The van der Waals surface area contributed by atoms with E-state index in [1.165, 1.54) is 28.8 Å². The highest BCUT2D eigenvalue weighted by molar-refractivity contribution is 8.23. The maximum Gasteiger partial charge on any atom is 0.416 e. The monoisotopic (exact) mass is 305 g/mol. The molecule has 1 amide bonds. The molecule has 7 heteroatoms. The number of nitrogens with zero attached hydrogens (tertiary/aromatic N) is 1. The zero-order chi connectivity index (χ0) is 14.0. The molecule has 0 atom stereocenters. The van der Waals surface area contributed by atoms with Gasteiger partial charge >= 0.3 is 6.18 Å². The molecule has 0 aliphatic carbocycles. The first-order valence-corrected chi connectivity index (χ1v) is 6.96. The molecule has 0 aromatic heterocycles. The van der Waals surface area contributed by atoms with Gasteiger partial charge in [-0.2, -0.15) is 13.2 Å². The lowest BCUT2D eigenvalue weighted by molar-refractivity contribution is -0.137. The van der Waals surface area contributed by atoms with E-state index in [1.807, 2.05) is 0 Å². The van der Waals surface area contributed by atoms with Crippen LogP contribution in [0.25, 0.3) is 0 Å². The van der Waals surface area contributed by atoms with Crippen molar-refractivity contribution in [1.82, 2.24) is 0 Å². The van der Waals surface area contributed by atoms with Gasteiger partial charge in [0, 0.05) is 12.2 Å². The Morgan fingerprint density at radius 2 is 2.05 bits per heavy atom. The van der Waals surface area contributed by atoms with Crippen LogP contribution in [0.15, 0.2) is 24.3 Å². The summed E-state index contributed by atoms with van der Waals surface area (Å²) in [7, 11) is 0. The van der Waals surface area contributed by atoms with E-state index < -0.39 is 11.7 Å². The second-order valence-electron chi connectivity index (χ2n) is 4.00. The Morgan fingerprint density at radius 3 is 2.74 bits per heavy atom. The maximum absolute atomic E-state index is 12.7. The van der Waals surface area contributed by atoms with E-state index in [-0.39, 0.29) is 11.6 Å². The van der Waals surface area contributed by atoms with E-state index in [9.17, 15) is 18.0 Å². The van der Waals surface area contributed by atoms with Crippen LogP contribution >= 0.6 is 24.0 Å². The van der Waals surface area contributed by atoms with E-state index in [1.54, 1.807) is 0 Å². The number of benzene rings is 1. The number of thiocarbonyl (C=S) groups is 1. The third-order valence-electron chi connectivity index (χ3n) is 2.62. The van der Waals surface area contributed by atoms with Crippen molar-refractivity contribution in [2.45, 2.75) is 19.0 Å². The molecule has 1 fully saturated rings. The molecule has 102 valence electrons. The third kappa shape index (κ3) is 3.27. The van der Waals surface area contributed by atoms with Crippen LogP contribution in [-0.4, -0.2) is 16.0 Å². The van der Waals surface area contributed by atoms with Crippen molar-refractivity contribution in [2.75, 3.05) is 10.7 Å². The fourth-order valence-electron chi connectivity index (χ4n) is 1.73. The Hall–Kier alpha value is -1.08. The molecule has 0 unspecified atom stereocenters. The number of rotatable bonds is 1. The van der Waals surface area contributed by atoms with E-state index in [2.05, 4.69) is 0 Å². The summed E-state index contributed by atoms with van der Waals surface area (Å²) >= 11 is 6.41. The maximum atomic E-state index is 12.7. The molecule has 1 aromatic rings. The zero-order valence-corrected chi connectivity index (χ0v) is 11.4. The highest BCUT2D eigenvalue weighted by Crippen LogP contribution is 2.33. The first kappa shape index (κ1) is 14.3. The Balaban J connectivity index is 2.39. The Labute approximate surface area is 118 Å². The number of anilines is 1. The van der Waals surface area contributed by atoms with E-state index >= 15 is 0 Å². The van der Waals surface area contributed by atoms with E-state index in [4.69, 9.17) is 12.2 Å². The minimum atomic E-state index is -4.43. The SMILES string of the molecule is O=C1CCCSC(=S)N1c1cccc(C(F)(F)F)c1. The van der Waals surface area contributed by atoms with Gasteiger partial charge in [-0.05, 0) is 24.6 Å². The summed E-state index contributed by atoms with van der Waals surface area (Å²) in [6.45, 7) is 0. The second kappa shape index (κ2) is 5.50. The van der Waals surface area contributed by atoms with Crippen LogP contribution < -0.4 is 4.90 Å². The van der Waals surface area contributed by atoms with Gasteiger partial charge in [0.1, 0.15) is 4.32 Å². The summed E-state index contributed by atoms with van der Waals surface area (Å²) in [5.74, 6) is 0.453. The molecule has 1 heterocycles. The number of alkyl halides is 3. The minimum absolute atomic E-state index is 0.180. The lowest BCUT2D eigenvalue weighted by Crippen LogP contribution is -2.32. The number of thioether (sulfide) groups is 1. The number of hydrogen-bond acceptors (Lipinski definition) is 3. The van der Waals surface area contributed by atoms with Crippen LogP contribution in [-0.2, 0) is 11.0 Å². The number of carbonyl (C=O) groups is 1. The minimum Gasteiger partial charge on any atom is -0.274 e. The zero-order valence-electron chi connectivity index (χ0n) is 9.74. The molecule has 0 N–H and O–H groups in total. The van der Waals surface area contributed by atoms with Gasteiger partial charge in [0.15, 0.2) is 0 Å². The van der Waals surface area contributed by atoms with Gasteiger partial charge in [-0.3, -0.25) is 9.69 Å². The van der Waals surface area contributed by atoms with Crippen molar-refractivity contribution in [2.24, 2.45) is 0 Å². The van der Waals surface area contributed by atoms with Crippen molar-refractivity contribution in [3.05, 3.63) is 29.8 Å². The summed E-state index contributed by atoms with van der Waals surface area (Å²) in [6, 6.07) is 4.67. The van der Waals surface area contributed by atoms with Gasteiger partial charge in [-0.25, -0.2) is 0 Å². The molecule has 1 aliphatic rings. The van der Waals surface area contributed by atoms with Crippen LogP contribution in [0.4, 0.5) is 18.9 Å². The highest BCUT2D eigenvalue weighted by Gasteiger charge is 2.32. The summed E-state index contributed by atoms with van der Waals surface area (Å²) in [5, 5.41) is 0. The van der Waals surface area contributed by atoms with Crippen LogP contribution in [0, 0.1) is 0 Å². The topological polar surface area (TPSA) is 20.3 Å². The van der Waals surface area contributed by atoms with Crippen molar-refractivity contribution < 1.29 is 18.0 Å². The number of halogens is 3. The van der Waals surface area contributed by atoms with Gasteiger partial charge in [0.2, 0.25) is 5.91 Å². The quantitative estimate of drug-likeness (QED) is 0.735. The summed E-state index contributed by atoms with van der Waals surface area (Å²) in [5.41, 5.74) is -0.603. The fraction of sp³-hybridized carbons (Fsp3) is 0.333. The van der Waals surface area contributed by atoms with Crippen LogP contribution in [0.3, 0.4) is 0 Å². The van der Waals surface area contributed by atoms with E-state index in [0.717, 1.165) is 12.1 Å². The van der Waals surface area contributed by atoms with Gasteiger partial charge in [-0.1, -0.05) is 30.0 Å². The van der Waals surface area contributed by atoms with E-state index in [0.29, 0.717) is 22.9 Å². The van der Waals surface area contributed by atoms with Crippen molar-refractivity contribution >= 4 is 39.9 Å². The molecular weight excluding hydrogens is 295 g/mol. The molecule has 0 radical (unpaired) electrons. The Kier molecular flexibility index (Phi) is 4.15. The van der Waals surface area contributed by atoms with Gasteiger partial charge in [0.05, 0.1) is 11.3 Å². The summed E-state index contributed by atoms with van der Waals surface area (Å²) in [4.78, 5) is 13.1. The molecule has 2 rings (SSSR count). The molecule has 0 spiro atoms. The largest absolute Gasteiger partial charge is 0.416 e. The molecular formula is C12H10F3NOS2. The van der Waals surface area contributed by atoms with Gasteiger partial charge < -0.3 is 0 Å². The van der Waals surface area contributed by atoms with Crippen LogP contribution in [0.5, 0.6) is 0 Å². The highest BCUT2D eigenvalue weighted by atomic mass is 32.2. The summed E-state index contributed by atoms with van der Waals surface area (Å²) in [6.07, 6.45) is -3.46. The molecule has 2 nitrogen and oxygen atoms in total. The lowest BCUT2D eigenvalue weighted by Gasteiger charge is -2.21. The van der Waals surface area contributed by atoms with Crippen molar-refractivity contribution in [3.63, 3.8) is 0 Å². The standard InChI is InChI=1S/C12H10F3NOS2/c13-12(14,15)8-3-1-4-9(7-8)16-10(17)5-2-6-19-11(16)18/h1,3-4,7H,2,5-6H2. The lowest BCUT2D eigenvalue weighted by atomic mass is 10.1. The molecule has 1 aliphatic heterocycles. The molecule has 1 saturated heterocycles. The molecule has 0 saturated carbocycles. The number of carbonyl (C=O) groups excluding carboxylic acids is 1. The summed E-state index contributed by atoms with van der Waals surface area (Å²) < 4.78 is 38.3. The van der Waals surface area contributed by atoms with Crippen molar-refractivity contribution in [3.8, 4) is 0 Å². The molecule has 0 bridgehead atoms.